The van der Waals surface area contributed by atoms with Crippen molar-refractivity contribution in [2.24, 2.45) is 5.92 Å². The molecule has 5 rings (SSSR count). The number of rotatable bonds is 9. The lowest BCUT2D eigenvalue weighted by Gasteiger charge is -2.21. The summed E-state index contributed by atoms with van der Waals surface area (Å²) in [6.07, 6.45) is -0.600. The zero-order valence-corrected chi connectivity index (χ0v) is 21.4. The molecule has 0 radical (unpaired) electrons. The molecule has 1 aliphatic carbocycles. The summed E-state index contributed by atoms with van der Waals surface area (Å²) in [4.78, 5) is 13.3. The van der Waals surface area contributed by atoms with Gasteiger partial charge in [0.05, 0.1) is 23.4 Å². The number of carbonyl (C=O) groups is 1. The Balaban J connectivity index is 1.46. The highest BCUT2D eigenvalue weighted by atomic mass is 19.4. The van der Waals surface area contributed by atoms with Crippen LogP contribution < -0.4 is 10.6 Å². The molecule has 4 aromatic rings. The van der Waals surface area contributed by atoms with Gasteiger partial charge in [-0.3, -0.25) is 4.79 Å². The second-order valence-corrected chi connectivity index (χ2v) is 9.72. The fraction of sp³-hybridized carbons (Fsp3) is 0.194. The van der Waals surface area contributed by atoms with Gasteiger partial charge in [0.15, 0.2) is 5.69 Å². The summed E-state index contributed by atoms with van der Waals surface area (Å²) in [5.41, 5.74) is 2.21. The smallest absolute Gasteiger partial charge is 0.321 e. The second kappa shape index (κ2) is 11.2. The summed E-state index contributed by atoms with van der Waals surface area (Å²) in [6, 6.07) is 23.6. The monoisotopic (exact) mass is 541 g/mol. The van der Waals surface area contributed by atoms with Crippen molar-refractivity contribution in [3.8, 4) is 11.8 Å². The largest absolute Gasteiger partial charge is 0.435 e. The van der Waals surface area contributed by atoms with Crippen molar-refractivity contribution in [2.75, 3.05) is 11.9 Å². The van der Waals surface area contributed by atoms with Gasteiger partial charge in [-0.1, -0.05) is 49.1 Å². The molecule has 2 N–H and O–H groups in total. The molecule has 3 aromatic carbocycles. The van der Waals surface area contributed by atoms with Crippen molar-refractivity contribution in [1.82, 2.24) is 15.1 Å². The van der Waals surface area contributed by atoms with Crippen LogP contribution in [0.4, 0.5) is 18.9 Å². The number of nitriles is 1. The number of carbonyl (C=O) groups excluding carboxylic acids is 1. The van der Waals surface area contributed by atoms with Crippen molar-refractivity contribution >= 4 is 17.7 Å². The van der Waals surface area contributed by atoms with E-state index in [1.165, 1.54) is 37.1 Å². The van der Waals surface area contributed by atoms with Crippen LogP contribution >= 0.6 is 0 Å². The highest BCUT2D eigenvalue weighted by Gasteiger charge is 2.36. The third-order valence-corrected chi connectivity index (χ3v) is 6.72. The lowest BCUT2D eigenvalue weighted by atomic mass is 9.96. The summed E-state index contributed by atoms with van der Waals surface area (Å²) < 4.78 is 41.6. The minimum absolute atomic E-state index is 0.159. The highest BCUT2D eigenvalue weighted by Crippen LogP contribution is 2.32. The van der Waals surface area contributed by atoms with E-state index in [0.717, 1.165) is 27.9 Å². The maximum Gasteiger partial charge on any atom is 0.435 e. The van der Waals surface area contributed by atoms with Gasteiger partial charge >= 0.3 is 6.18 Å². The second-order valence-electron chi connectivity index (χ2n) is 9.72. The summed E-state index contributed by atoms with van der Waals surface area (Å²) in [6.45, 7) is 4.71. The Hall–Kier alpha value is -4.68. The summed E-state index contributed by atoms with van der Waals surface area (Å²) >= 11 is 0. The normalized spacial score (nSPS) is 13.8. The van der Waals surface area contributed by atoms with Crippen LogP contribution in [0.1, 0.15) is 57.3 Å². The molecule has 0 spiro atoms. The van der Waals surface area contributed by atoms with Gasteiger partial charge < -0.3 is 10.6 Å². The number of alkyl halides is 3. The Labute approximate surface area is 229 Å². The molecule has 1 atom stereocenters. The molecule has 40 heavy (non-hydrogen) atoms. The fourth-order valence-electron chi connectivity index (χ4n) is 4.48. The van der Waals surface area contributed by atoms with Gasteiger partial charge in [0, 0.05) is 11.8 Å². The number of amides is 1. The van der Waals surface area contributed by atoms with Gasteiger partial charge in [-0.2, -0.15) is 23.5 Å². The number of hydrogen-bond acceptors (Lipinski definition) is 4. The SMILES string of the molecule is C=Cc1cccc(C(NCC2CC2)c2cccc(NC(=O)c3cc(C(F)(F)F)nn3-c3cccc(C#N)c3)c2)c1. The van der Waals surface area contributed by atoms with E-state index in [4.69, 9.17) is 0 Å². The minimum atomic E-state index is -4.76. The van der Waals surface area contributed by atoms with Gasteiger partial charge in [-0.15, -0.1) is 0 Å². The Morgan fingerprint density at radius 3 is 2.50 bits per heavy atom. The molecule has 9 heteroatoms. The van der Waals surface area contributed by atoms with Gasteiger partial charge in [-0.25, -0.2) is 4.68 Å². The van der Waals surface area contributed by atoms with E-state index in [9.17, 15) is 23.2 Å². The summed E-state index contributed by atoms with van der Waals surface area (Å²) in [5, 5.41) is 19.2. The molecule has 1 amide bonds. The Kier molecular flexibility index (Phi) is 7.54. The third kappa shape index (κ3) is 6.14. The molecule has 0 bridgehead atoms. The van der Waals surface area contributed by atoms with Gasteiger partial charge in [0.2, 0.25) is 0 Å². The number of nitrogens with one attached hydrogen (secondary N) is 2. The molecule has 1 unspecified atom stereocenters. The first-order valence-electron chi connectivity index (χ1n) is 12.8. The highest BCUT2D eigenvalue weighted by molar-refractivity contribution is 6.03. The van der Waals surface area contributed by atoms with E-state index in [0.29, 0.717) is 17.7 Å². The van der Waals surface area contributed by atoms with Crippen LogP contribution in [0.5, 0.6) is 0 Å². The first kappa shape index (κ1) is 26.9. The molecule has 0 saturated heterocycles. The fourth-order valence-corrected chi connectivity index (χ4v) is 4.48. The van der Waals surface area contributed by atoms with E-state index < -0.39 is 17.8 Å². The van der Waals surface area contributed by atoms with Gasteiger partial charge in [-0.05, 0) is 78.4 Å². The van der Waals surface area contributed by atoms with Crippen molar-refractivity contribution < 1.29 is 18.0 Å². The van der Waals surface area contributed by atoms with Crippen LogP contribution in [0, 0.1) is 17.2 Å². The van der Waals surface area contributed by atoms with Crippen LogP contribution in [0.2, 0.25) is 0 Å². The Morgan fingerprint density at radius 2 is 1.80 bits per heavy atom. The topological polar surface area (TPSA) is 82.7 Å². The van der Waals surface area contributed by atoms with Crippen molar-refractivity contribution in [1.29, 1.82) is 5.26 Å². The predicted molar refractivity (Wildman–Crippen MR) is 147 cm³/mol. The first-order chi connectivity index (χ1) is 19.2. The average Bonchev–Trinajstić information content (AvgIpc) is 3.66. The van der Waals surface area contributed by atoms with Gasteiger partial charge in [0.25, 0.3) is 5.91 Å². The molecule has 1 fully saturated rings. The standard InChI is InChI=1S/C31H26F3N5O/c1-2-20-6-3-8-23(14-20)29(36-19-21-12-13-21)24-9-5-10-25(16-24)37-30(40)27-17-28(31(32,33)34)38-39(27)26-11-4-7-22(15-26)18-35/h2-11,14-17,21,29,36H,1,12-13,19H2,(H,37,40). The first-order valence-corrected chi connectivity index (χ1v) is 12.8. The van der Waals surface area contributed by atoms with Crippen molar-refractivity contribution in [2.45, 2.75) is 25.1 Å². The van der Waals surface area contributed by atoms with E-state index in [1.807, 2.05) is 36.4 Å². The zero-order chi connectivity index (χ0) is 28.3. The number of nitrogens with zero attached hydrogens (tertiary/aromatic N) is 3. The van der Waals surface area contributed by atoms with Gasteiger partial charge in [0.1, 0.15) is 5.69 Å². The average molecular weight is 542 g/mol. The third-order valence-electron chi connectivity index (χ3n) is 6.72. The van der Waals surface area contributed by atoms with E-state index >= 15 is 0 Å². The van der Waals surface area contributed by atoms with Crippen LogP contribution in [0.25, 0.3) is 11.8 Å². The summed E-state index contributed by atoms with van der Waals surface area (Å²) in [5.74, 6) is -0.130. The molecule has 0 aliphatic heterocycles. The number of halogens is 3. The minimum Gasteiger partial charge on any atom is -0.321 e. The number of benzene rings is 3. The lowest BCUT2D eigenvalue weighted by molar-refractivity contribution is -0.141. The maximum absolute atomic E-state index is 13.6. The molecule has 1 aliphatic rings. The number of anilines is 1. The van der Waals surface area contributed by atoms with Crippen LogP contribution in [-0.2, 0) is 6.18 Å². The molecule has 1 saturated carbocycles. The molecular weight excluding hydrogens is 515 g/mol. The summed E-state index contributed by atoms with van der Waals surface area (Å²) in [7, 11) is 0. The van der Waals surface area contributed by atoms with E-state index in [2.05, 4.69) is 28.4 Å². The molecule has 1 aromatic heterocycles. The lowest BCUT2D eigenvalue weighted by Crippen LogP contribution is -2.25. The quantitative estimate of drug-likeness (QED) is 0.246. The van der Waals surface area contributed by atoms with Crippen LogP contribution in [0.15, 0.2) is 85.4 Å². The van der Waals surface area contributed by atoms with Crippen molar-refractivity contribution in [3.63, 3.8) is 0 Å². The Morgan fingerprint density at radius 1 is 1.07 bits per heavy atom. The number of aromatic nitrogens is 2. The molecular formula is C31H26F3N5O. The number of hydrogen-bond donors (Lipinski definition) is 2. The van der Waals surface area contributed by atoms with E-state index in [1.54, 1.807) is 18.2 Å². The van der Waals surface area contributed by atoms with E-state index in [-0.39, 0.29) is 23.0 Å². The molecule has 1 heterocycles. The van der Waals surface area contributed by atoms with Crippen LogP contribution in [-0.4, -0.2) is 22.2 Å². The molecule has 202 valence electrons. The Bertz CT molecular complexity index is 1600. The predicted octanol–water partition coefficient (Wildman–Crippen LogP) is 6.75. The maximum atomic E-state index is 13.6. The molecule has 6 nitrogen and oxygen atoms in total. The van der Waals surface area contributed by atoms with Crippen LogP contribution in [0.3, 0.4) is 0 Å². The zero-order valence-electron chi connectivity index (χ0n) is 21.4. The van der Waals surface area contributed by atoms with Crippen molar-refractivity contribution in [3.05, 3.63) is 119 Å².